The van der Waals surface area contributed by atoms with Crippen LogP contribution in [0.3, 0.4) is 0 Å². The molecule has 0 saturated carbocycles. The van der Waals surface area contributed by atoms with Gasteiger partial charge in [0.15, 0.2) is 0 Å². The van der Waals surface area contributed by atoms with E-state index >= 15 is 0 Å². The summed E-state index contributed by atoms with van der Waals surface area (Å²) in [5, 5.41) is 12.6. The van der Waals surface area contributed by atoms with Crippen LogP contribution in [-0.4, -0.2) is 66.6 Å². The van der Waals surface area contributed by atoms with Crippen molar-refractivity contribution in [2.24, 2.45) is 0 Å². The zero-order chi connectivity index (χ0) is 22.6. The van der Waals surface area contributed by atoms with Crippen LogP contribution in [-0.2, 0) is 21.4 Å². The number of nitrogens with one attached hydrogen (secondary N) is 1. The maximum atomic E-state index is 12.8. The van der Waals surface area contributed by atoms with Gasteiger partial charge in [-0.25, -0.2) is 8.42 Å². The summed E-state index contributed by atoms with van der Waals surface area (Å²) in [7, 11) is -3.20. The van der Waals surface area contributed by atoms with Gasteiger partial charge in [-0.2, -0.15) is 9.57 Å². The second kappa shape index (κ2) is 9.64. The van der Waals surface area contributed by atoms with E-state index in [2.05, 4.69) is 11.4 Å². The summed E-state index contributed by atoms with van der Waals surface area (Å²) in [4.78, 5) is 14.7. The number of hydrogen-bond donors (Lipinski definition) is 1. The number of anilines is 1. The summed E-state index contributed by atoms with van der Waals surface area (Å²) < 4.78 is 27.5. The lowest BCUT2D eigenvalue weighted by molar-refractivity contribution is -0.117. The topological polar surface area (TPSA) is 98.4 Å². The van der Waals surface area contributed by atoms with Crippen molar-refractivity contribution in [1.82, 2.24) is 13.8 Å². The highest BCUT2D eigenvalue weighted by Crippen LogP contribution is 2.27. The van der Waals surface area contributed by atoms with Gasteiger partial charge in [-0.3, -0.25) is 9.69 Å². The summed E-state index contributed by atoms with van der Waals surface area (Å²) in [5.41, 5.74) is 3.34. The van der Waals surface area contributed by atoms with Crippen molar-refractivity contribution in [2.45, 2.75) is 27.3 Å². The number of piperazine rings is 1. The van der Waals surface area contributed by atoms with Gasteiger partial charge in [0, 0.05) is 38.4 Å². The SMILES string of the molecule is CCS(=O)(=O)N1CCN(CC(=O)Nc2c(C#N)c(C)c(C)n2Cc2ccccc2)CC1. The summed E-state index contributed by atoms with van der Waals surface area (Å²) in [6.45, 7) is 7.95. The van der Waals surface area contributed by atoms with Crippen LogP contribution in [0.4, 0.5) is 5.82 Å². The van der Waals surface area contributed by atoms with Gasteiger partial charge in [0.2, 0.25) is 15.9 Å². The number of carbonyl (C=O) groups is 1. The minimum Gasteiger partial charge on any atom is -0.326 e. The van der Waals surface area contributed by atoms with Crippen LogP contribution in [0.1, 0.15) is 29.3 Å². The zero-order valence-electron chi connectivity index (χ0n) is 18.3. The Labute approximate surface area is 184 Å². The molecule has 1 N–H and O–H groups in total. The van der Waals surface area contributed by atoms with E-state index in [1.807, 2.05) is 53.6 Å². The van der Waals surface area contributed by atoms with Crippen LogP contribution in [0.5, 0.6) is 0 Å². The predicted octanol–water partition coefficient (Wildman–Crippen LogP) is 1.93. The molecule has 0 radical (unpaired) electrons. The smallest absolute Gasteiger partial charge is 0.239 e. The lowest BCUT2D eigenvalue weighted by Crippen LogP contribution is -2.50. The number of benzene rings is 1. The van der Waals surface area contributed by atoms with Crippen LogP contribution >= 0.6 is 0 Å². The molecule has 3 rings (SSSR count). The molecule has 9 heteroatoms. The average molecular weight is 444 g/mol. The molecule has 0 aliphatic carbocycles. The molecule has 1 saturated heterocycles. The predicted molar refractivity (Wildman–Crippen MR) is 120 cm³/mol. The Balaban J connectivity index is 1.71. The van der Waals surface area contributed by atoms with Gasteiger partial charge in [0.25, 0.3) is 0 Å². The molecule has 1 aliphatic heterocycles. The average Bonchev–Trinajstić information content (AvgIpc) is 2.98. The van der Waals surface area contributed by atoms with E-state index in [0.29, 0.717) is 44.1 Å². The van der Waals surface area contributed by atoms with E-state index in [9.17, 15) is 18.5 Å². The van der Waals surface area contributed by atoms with Crippen molar-refractivity contribution in [3.8, 4) is 6.07 Å². The Hall–Kier alpha value is -2.67. The highest BCUT2D eigenvalue weighted by molar-refractivity contribution is 7.89. The summed E-state index contributed by atoms with van der Waals surface area (Å²) >= 11 is 0. The van der Waals surface area contributed by atoms with E-state index in [-0.39, 0.29) is 18.2 Å². The molecule has 8 nitrogen and oxygen atoms in total. The Morgan fingerprint density at radius 2 is 1.77 bits per heavy atom. The first-order valence-electron chi connectivity index (χ1n) is 10.4. The van der Waals surface area contributed by atoms with Gasteiger partial charge >= 0.3 is 0 Å². The van der Waals surface area contributed by atoms with E-state index in [1.165, 1.54) is 4.31 Å². The maximum Gasteiger partial charge on any atom is 0.239 e. The lowest BCUT2D eigenvalue weighted by Gasteiger charge is -2.33. The lowest BCUT2D eigenvalue weighted by atomic mass is 10.2. The van der Waals surface area contributed by atoms with E-state index in [0.717, 1.165) is 16.8 Å². The number of amides is 1. The van der Waals surface area contributed by atoms with Crippen molar-refractivity contribution in [3.63, 3.8) is 0 Å². The monoisotopic (exact) mass is 443 g/mol. The van der Waals surface area contributed by atoms with Crippen LogP contribution in [0.2, 0.25) is 0 Å². The molecule has 0 atom stereocenters. The molecular weight excluding hydrogens is 414 g/mol. The number of carbonyl (C=O) groups excluding carboxylic acids is 1. The van der Waals surface area contributed by atoms with Crippen LogP contribution in [0.15, 0.2) is 30.3 Å². The number of aromatic nitrogens is 1. The molecular formula is C22H29N5O3S. The van der Waals surface area contributed by atoms with Crippen molar-refractivity contribution < 1.29 is 13.2 Å². The molecule has 2 aromatic rings. The molecule has 1 amide bonds. The molecule has 1 fully saturated rings. The summed E-state index contributed by atoms with van der Waals surface area (Å²) in [6, 6.07) is 12.1. The van der Waals surface area contributed by atoms with E-state index in [4.69, 9.17) is 0 Å². The normalized spacial score (nSPS) is 15.5. The van der Waals surface area contributed by atoms with Gasteiger partial charge < -0.3 is 9.88 Å². The summed E-state index contributed by atoms with van der Waals surface area (Å²) in [6.07, 6.45) is 0. The number of nitriles is 1. The Morgan fingerprint density at radius 3 is 2.35 bits per heavy atom. The highest BCUT2D eigenvalue weighted by atomic mass is 32.2. The first-order valence-corrected chi connectivity index (χ1v) is 12.0. The Bertz CT molecular complexity index is 1080. The minimum atomic E-state index is -3.20. The second-order valence-electron chi connectivity index (χ2n) is 7.74. The number of sulfonamides is 1. The fourth-order valence-corrected chi connectivity index (χ4v) is 4.90. The standard InChI is InChI=1S/C22H29N5O3S/c1-4-31(29,30)26-12-10-25(11-13-26)16-21(28)24-22-20(14-23)17(2)18(3)27(22)15-19-8-6-5-7-9-19/h5-9H,4,10-13,15-16H2,1-3H3,(H,24,28). The molecule has 2 heterocycles. The number of rotatable bonds is 7. The first-order chi connectivity index (χ1) is 14.8. The van der Waals surface area contributed by atoms with E-state index < -0.39 is 10.0 Å². The van der Waals surface area contributed by atoms with E-state index in [1.54, 1.807) is 6.92 Å². The van der Waals surface area contributed by atoms with Gasteiger partial charge in [0.05, 0.1) is 17.9 Å². The fourth-order valence-electron chi connectivity index (χ4n) is 3.82. The second-order valence-corrected chi connectivity index (χ2v) is 10.00. The number of hydrogen-bond acceptors (Lipinski definition) is 5. The van der Waals surface area contributed by atoms with Gasteiger partial charge in [0.1, 0.15) is 11.9 Å². The molecule has 0 unspecified atom stereocenters. The van der Waals surface area contributed by atoms with Gasteiger partial charge in [-0.15, -0.1) is 0 Å². The largest absolute Gasteiger partial charge is 0.326 e. The molecule has 31 heavy (non-hydrogen) atoms. The molecule has 1 aromatic heterocycles. The van der Waals surface area contributed by atoms with Crippen molar-refractivity contribution in [3.05, 3.63) is 52.7 Å². The quantitative estimate of drug-likeness (QED) is 0.705. The first kappa shape index (κ1) is 23.0. The Kier molecular flexibility index (Phi) is 7.15. The Morgan fingerprint density at radius 1 is 1.13 bits per heavy atom. The molecule has 0 spiro atoms. The molecule has 1 aliphatic rings. The maximum absolute atomic E-state index is 12.8. The van der Waals surface area contributed by atoms with Crippen molar-refractivity contribution in [2.75, 3.05) is 43.8 Å². The van der Waals surface area contributed by atoms with Gasteiger partial charge in [-0.05, 0) is 31.9 Å². The van der Waals surface area contributed by atoms with Crippen LogP contribution in [0, 0.1) is 25.2 Å². The van der Waals surface area contributed by atoms with Crippen molar-refractivity contribution >= 4 is 21.7 Å². The minimum absolute atomic E-state index is 0.0848. The van der Waals surface area contributed by atoms with Crippen LogP contribution < -0.4 is 5.32 Å². The van der Waals surface area contributed by atoms with Crippen molar-refractivity contribution in [1.29, 1.82) is 5.26 Å². The zero-order valence-corrected chi connectivity index (χ0v) is 19.1. The summed E-state index contributed by atoms with van der Waals surface area (Å²) in [5.74, 6) is 0.385. The number of nitrogens with zero attached hydrogens (tertiary/aromatic N) is 4. The third-order valence-electron chi connectivity index (χ3n) is 5.84. The molecule has 166 valence electrons. The van der Waals surface area contributed by atoms with Crippen LogP contribution in [0.25, 0.3) is 0 Å². The van der Waals surface area contributed by atoms with Gasteiger partial charge in [-0.1, -0.05) is 30.3 Å². The molecule has 0 bridgehead atoms. The third-order valence-corrected chi connectivity index (χ3v) is 7.72. The third kappa shape index (κ3) is 5.15. The highest BCUT2D eigenvalue weighted by Gasteiger charge is 2.27. The molecule has 1 aromatic carbocycles. The fraction of sp³-hybridized carbons (Fsp3) is 0.455.